The maximum atomic E-state index is 5.90. The number of piperidine rings is 1. The van der Waals surface area contributed by atoms with Crippen molar-refractivity contribution in [2.45, 2.75) is 137 Å². The van der Waals surface area contributed by atoms with Crippen molar-refractivity contribution in [3.05, 3.63) is 121 Å². The summed E-state index contributed by atoms with van der Waals surface area (Å²) < 4.78 is 22.9. The Morgan fingerprint density at radius 3 is 1.29 bits per heavy atom. The van der Waals surface area contributed by atoms with Gasteiger partial charge in [-0.3, -0.25) is 9.97 Å². The molecule has 0 spiro atoms. The summed E-state index contributed by atoms with van der Waals surface area (Å²) in [7, 11) is 0. The highest BCUT2D eigenvalue weighted by molar-refractivity contribution is 5.47. The van der Waals surface area contributed by atoms with Crippen molar-refractivity contribution in [2.24, 2.45) is 0 Å². The van der Waals surface area contributed by atoms with Crippen LogP contribution in [0.15, 0.2) is 110 Å². The van der Waals surface area contributed by atoms with Crippen LogP contribution in [0.5, 0.6) is 0 Å². The number of benzene rings is 2. The summed E-state index contributed by atoms with van der Waals surface area (Å²) >= 11 is 0. The van der Waals surface area contributed by atoms with Crippen molar-refractivity contribution >= 4 is 11.4 Å². The molecule has 2 unspecified atom stereocenters. The minimum absolute atomic E-state index is 0.138. The van der Waals surface area contributed by atoms with Crippen LogP contribution in [0, 0.1) is 0 Å². The average molecular weight is 755 g/mol. The molecule has 2 saturated heterocycles. The van der Waals surface area contributed by atoms with E-state index in [0.717, 1.165) is 43.7 Å². The van der Waals surface area contributed by atoms with Crippen LogP contribution in [0.4, 0.5) is 11.4 Å². The topological polar surface area (TPSA) is 69.2 Å². The van der Waals surface area contributed by atoms with Gasteiger partial charge in [0.25, 0.3) is 0 Å². The van der Waals surface area contributed by atoms with Gasteiger partial charge in [-0.25, -0.2) is 0 Å². The molecule has 2 aromatic carbocycles. The van der Waals surface area contributed by atoms with Crippen LogP contribution in [0.2, 0.25) is 0 Å². The molecule has 8 nitrogen and oxygen atoms in total. The van der Waals surface area contributed by atoms with E-state index in [1.54, 1.807) is 12.4 Å². The number of nitrogens with zero attached hydrogens (tertiary/aromatic N) is 4. The van der Waals surface area contributed by atoms with Gasteiger partial charge in [-0.15, -0.1) is 0 Å². The van der Waals surface area contributed by atoms with E-state index >= 15 is 0 Å². The van der Waals surface area contributed by atoms with Crippen molar-refractivity contribution in [1.82, 2.24) is 9.97 Å². The zero-order valence-corrected chi connectivity index (χ0v) is 35.4. The Morgan fingerprint density at radius 2 is 0.909 bits per heavy atom. The molecule has 2 aliphatic rings. The Labute approximate surface area is 333 Å². The lowest BCUT2D eigenvalue weighted by Crippen LogP contribution is -2.40. The quantitative estimate of drug-likeness (QED) is 0.142. The Kier molecular flexibility index (Phi) is 21.0. The molecule has 302 valence electrons. The second kappa shape index (κ2) is 25.4. The molecule has 6 rings (SSSR count). The summed E-state index contributed by atoms with van der Waals surface area (Å²) in [5, 5.41) is 0. The van der Waals surface area contributed by atoms with E-state index in [4.69, 9.17) is 18.9 Å². The molecule has 4 heterocycles. The van der Waals surface area contributed by atoms with E-state index < -0.39 is 0 Å². The first kappa shape index (κ1) is 45.6. The van der Waals surface area contributed by atoms with Crippen LogP contribution in [0.25, 0.3) is 0 Å². The number of hydrogen-bond donors (Lipinski definition) is 0. The SMILES string of the molecule is CC(C)OC1CCCN(c2ccccc2)C1.CC(C)OC1CCN(c2ccccc2)C1.CC(C)O[C@@H](C)c1cccnc1.CC(C)O[C@H](C)c1cccnc1. The third kappa shape index (κ3) is 18.6. The second-order valence-corrected chi connectivity index (χ2v) is 15.3. The molecule has 0 saturated carbocycles. The minimum atomic E-state index is 0.138. The van der Waals surface area contributed by atoms with E-state index in [1.807, 2.05) is 78.2 Å². The van der Waals surface area contributed by atoms with E-state index in [0.29, 0.717) is 24.4 Å². The Bertz CT molecular complexity index is 1460. The van der Waals surface area contributed by atoms with Gasteiger partial charge in [0.05, 0.1) is 48.8 Å². The molecule has 4 aromatic rings. The number of aromatic nitrogens is 2. The average Bonchev–Trinajstić information content (AvgIpc) is 3.64. The minimum Gasteiger partial charge on any atom is -0.374 e. The molecule has 2 aliphatic heterocycles. The van der Waals surface area contributed by atoms with Gasteiger partial charge < -0.3 is 28.7 Å². The Hall–Kier alpha value is -3.82. The van der Waals surface area contributed by atoms with Crippen LogP contribution in [0.1, 0.15) is 112 Å². The number of rotatable bonds is 12. The highest BCUT2D eigenvalue weighted by Crippen LogP contribution is 2.23. The first-order valence-electron chi connectivity index (χ1n) is 20.4. The van der Waals surface area contributed by atoms with Crippen molar-refractivity contribution in [3.8, 4) is 0 Å². The Balaban J connectivity index is 0.000000199. The van der Waals surface area contributed by atoms with E-state index in [1.165, 1.54) is 24.2 Å². The molecule has 0 radical (unpaired) electrons. The third-order valence-corrected chi connectivity index (χ3v) is 8.96. The fourth-order valence-electron chi connectivity index (χ4n) is 6.61. The van der Waals surface area contributed by atoms with Crippen LogP contribution in [-0.4, -0.2) is 72.8 Å². The molecule has 4 atom stereocenters. The fraction of sp³-hybridized carbons (Fsp3) is 0.532. The van der Waals surface area contributed by atoms with E-state index in [-0.39, 0.29) is 24.4 Å². The molecule has 0 N–H and O–H groups in total. The number of ether oxygens (including phenoxy) is 4. The normalized spacial score (nSPS) is 17.9. The first-order chi connectivity index (χ1) is 26.4. The monoisotopic (exact) mass is 755 g/mol. The summed E-state index contributed by atoms with van der Waals surface area (Å²) in [4.78, 5) is 12.9. The van der Waals surface area contributed by atoms with Gasteiger partial charge in [0.15, 0.2) is 0 Å². The predicted molar refractivity (Wildman–Crippen MR) is 229 cm³/mol. The molecule has 0 aliphatic carbocycles. The summed E-state index contributed by atoms with van der Waals surface area (Å²) in [6.07, 6.45) is 13.1. The Morgan fingerprint density at radius 1 is 0.491 bits per heavy atom. The van der Waals surface area contributed by atoms with Gasteiger partial charge in [-0.05, 0) is 136 Å². The summed E-state index contributed by atoms with van der Waals surface area (Å²) in [5.74, 6) is 0. The first-order valence-corrected chi connectivity index (χ1v) is 20.4. The molecule has 55 heavy (non-hydrogen) atoms. The van der Waals surface area contributed by atoms with Crippen molar-refractivity contribution in [3.63, 3.8) is 0 Å². The van der Waals surface area contributed by atoms with Crippen LogP contribution >= 0.6 is 0 Å². The number of anilines is 2. The maximum absolute atomic E-state index is 5.90. The summed E-state index contributed by atoms with van der Waals surface area (Å²) in [6.45, 7) is 25.0. The highest BCUT2D eigenvalue weighted by atomic mass is 16.5. The summed E-state index contributed by atoms with van der Waals surface area (Å²) in [5.41, 5.74) is 4.89. The second-order valence-electron chi connectivity index (χ2n) is 15.3. The van der Waals surface area contributed by atoms with Crippen molar-refractivity contribution < 1.29 is 18.9 Å². The van der Waals surface area contributed by atoms with Gasteiger partial charge in [0.2, 0.25) is 0 Å². The van der Waals surface area contributed by atoms with Crippen molar-refractivity contribution in [1.29, 1.82) is 0 Å². The zero-order valence-electron chi connectivity index (χ0n) is 35.4. The molecule has 0 amide bonds. The molecular formula is C47H70N4O4. The molecule has 2 fully saturated rings. The fourth-order valence-corrected chi connectivity index (χ4v) is 6.61. The lowest BCUT2D eigenvalue weighted by molar-refractivity contribution is 0.00101. The van der Waals surface area contributed by atoms with Crippen LogP contribution < -0.4 is 9.80 Å². The third-order valence-electron chi connectivity index (χ3n) is 8.96. The summed E-state index contributed by atoms with van der Waals surface area (Å²) in [6, 6.07) is 29.1. The van der Waals surface area contributed by atoms with Gasteiger partial charge in [-0.2, -0.15) is 0 Å². The molecular weight excluding hydrogens is 685 g/mol. The highest BCUT2D eigenvalue weighted by Gasteiger charge is 2.24. The zero-order chi connectivity index (χ0) is 40.0. The van der Waals surface area contributed by atoms with Gasteiger partial charge in [0.1, 0.15) is 0 Å². The van der Waals surface area contributed by atoms with E-state index in [2.05, 4.69) is 108 Å². The van der Waals surface area contributed by atoms with Crippen LogP contribution in [0.3, 0.4) is 0 Å². The number of pyridine rings is 2. The van der Waals surface area contributed by atoms with Crippen LogP contribution in [-0.2, 0) is 18.9 Å². The lowest BCUT2D eigenvalue weighted by Gasteiger charge is -2.35. The largest absolute Gasteiger partial charge is 0.374 e. The lowest BCUT2D eigenvalue weighted by atomic mass is 10.1. The molecule has 0 bridgehead atoms. The van der Waals surface area contributed by atoms with Gasteiger partial charge in [0, 0.05) is 62.3 Å². The molecule has 8 heteroatoms. The predicted octanol–water partition coefficient (Wildman–Crippen LogP) is 10.9. The maximum Gasteiger partial charge on any atom is 0.0815 e. The standard InChI is InChI=1S/C14H21NO.C13H19NO.2C10H15NO/c1-12(2)16-14-9-6-10-15(11-14)13-7-4-3-5-8-13;1-11(2)15-13-8-9-14(10-13)12-6-4-3-5-7-12;2*1-8(2)12-9(3)10-5-4-6-11-7-10/h3-5,7-8,12,14H,6,9-11H2,1-2H3;3-7,11,13H,8-10H2,1-2H3;2*4-9H,1-3H3/t;;2*9-/m..10/s1. The molecule has 2 aromatic heterocycles. The van der Waals surface area contributed by atoms with Gasteiger partial charge >= 0.3 is 0 Å². The number of hydrogen-bond acceptors (Lipinski definition) is 8. The van der Waals surface area contributed by atoms with Crippen molar-refractivity contribution in [2.75, 3.05) is 36.0 Å². The van der Waals surface area contributed by atoms with Gasteiger partial charge in [-0.1, -0.05) is 48.5 Å². The number of para-hydroxylation sites is 2. The van der Waals surface area contributed by atoms with E-state index in [9.17, 15) is 0 Å². The smallest absolute Gasteiger partial charge is 0.0815 e.